The van der Waals surface area contributed by atoms with E-state index in [1.54, 1.807) is 13.0 Å². The van der Waals surface area contributed by atoms with Crippen molar-refractivity contribution in [1.82, 2.24) is 20.3 Å². The fourth-order valence-electron chi connectivity index (χ4n) is 2.23. The average Bonchev–Trinajstić information content (AvgIpc) is 3.00. The molecule has 3 aromatic rings. The Labute approximate surface area is 137 Å². The van der Waals surface area contributed by atoms with Gasteiger partial charge in [-0.25, -0.2) is 0 Å². The van der Waals surface area contributed by atoms with Gasteiger partial charge in [0, 0.05) is 17.8 Å². The number of hydrogen-bond acceptors (Lipinski definition) is 9. The number of hydrogen-bond donors (Lipinski definition) is 2. The molecule has 0 unspecified atom stereocenters. The Hall–Kier alpha value is -3.36. The van der Waals surface area contributed by atoms with Gasteiger partial charge in [-0.05, 0) is 19.1 Å². The van der Waals surface area contributed by atoms with Gasteiger partial charge in [0.1, 0.15) is 19.0 Å². The molecule has 9 nitrogen and oxygen atoms in total. The molecule has 0 aliphatic carbocycles. The molecule has 9 heteroatoms. The van der Waals surface area contributed by atoms with E-state index in [1.807, 2.05) is 18.2 Å². The average molecular weight is 326 g/mol. The number of ether oxygens (including phenoxy) is 2. The highest BCUT2D eigenvalue weighted by atomic mass is 16.6. The summed E-state index contributed by atoms with van der Waals surface area (Å²) in [5.41, 5.74) is 0.808. The van der Waals surface area contributed by atoms with Crippen molar-refractivity contribution in [3.63, 3.8) is 0 Å². The highest BCUT2D eigenvalue weighted by Crippen LogP contribution is 2.33. The van der Waals surface area contributed by atoms with Gasteiger partial charge in [-0.2, -0.15) is 10.1 Å². The number of rotatable bonds is 4. The van der Waals surface area contributed by atoms with Gasteiger partial charge < -0.3 is 24.6 Å². The van der Waals surface area contributed by atoms with Crippen LogP contribution >= 0.6 is 0 Å². The minimum atomic E-state index is 0.311. The molecule has 2 aromatic heterocycles. The number of anilines is 4. The van der Waals surface area contributed by atoms with Crippen molar-refractivity contribution in [2.45, 2.75) is 6.92 Å². The Bertz CT molecular complexity index is 866. The normalized spacial score (nSPS) is 12.7. The molecule has 1 aliphatic heterocycles. The molecule has 24 heavy (non-hydrogen) atoms. The largest absolute Gasteiger partial charge is 0.486 e. The number of nitrogens with one attached hydrogen (secondary N) is 2. The maximum absolute atomic E-state index is 5.56. The van der Waals surface area contributed by atoms with Crippen molar-refractivity contribution in [3.05, 3.63) is 36.2 Å². The number of benzene rings is 1. The number of aromatic nitrogens is 4. The lowest BCUT2D eigenvalue weighted by Crippen LogP contribution is -2.15. The second-order valence-electron chi connectivity index (χ2n) is 5.10. The van der Waals surface area contributed by atoms with Gasteiger partial charge in [-0.3, -0.25) is 0 Å². The van der Waals surface area contributed by atoms with Gasteiger partial charge in [0.2, 0.25) is 5.95 Å². The summed E-state index contributed by atoms with van der Waals surface area (Å²) < 4.78 is 16.0. The van der Waals surface area contributed by atoms with Crippen molar-refractivity contribution >= 4 is 23.3 Å². The van der Waals surface area contributed by atoms with E-state index in [1.165, 1.54) is 6.20 Å². The van der Waals surface area contributed by atoms with Crippen LogP contribution in [0.1, 0.15) is 5.76 Å². The van der Waals surface area contributed by atoms with Crippen molar-refractivity contribution in [2.75, 3.05) is 23.8 Å². The summed E-state index contributed by atoms with van der Waals surface area (Å²) in [6.07, 6.45) is 1.52. The summed E-state index contributed by atoms with van der Waals surface area (Å²) >= 11 is 0. The van der Waals surface area contributed by atoms with Crippen molar-refractivity contribution in [2.24, 2.45) is 0 Å². The van der Waals surface area contributed by atoms with Crippen molar-refractivity contribution in [1.29, 1.82) is 0 Å². The number of fused-ring (bicyclic) bond motifs is 1. The molecule has 0 atom stereocenters. The summed E-state index contributed by atoms with van der Waals surface area (Å²) in [6.45, 7) is 2.90. The van der Waals surface area contributed by atoms with Crippen molar-refractivity contribution in [3.8, 4) is 11.5 Å². The molecule has 0 radical (unpaired) electrons. The molecule has 0 amide bonds. The Morgan fingerprint density at radius 1 is 1.00 bits per heavy atom. The molecular formula is C15H14N6O3. The lowest BCUT2D eigenvalue weighted by molar-refractivity contribution is 0.171. The van der Waals surface area contributed by atoms with Crippen LogP contribution < -0.4 is 20.1 Å². The molecule has 0 saturated heterocycles. The maximum Gasteiger partial charge on any atom is 0.250 e. The first-order chi connectivity index (χ1) is 11.8. The fraction of sp³-hybridized carbons (Fsp3) is 0.200. The molecule has 2 N–H and O–H groups in total. The molecule has 0 saturated carbocycles. The highest BCUT2D eigenvalue weighted by molar-refractivity contribution is 5.62. The van der Waals surface area contributed by atoms with Crippen LogP contribution in [0.4, 0.5) is 23.3 Å². The third-order valence-electron chi connectivity index (χ3n) is 3.24. The van der Waals surface area contributed by atoms with Gasteiger partial charge >= 0.3 is 0 Å². The minimum Gasteiger partial charge on any atom is -0.486 e. The standard InChI is InChI=1S/C15H14N6O3/c1-9-6-13(21-24-9)18-15-19-14(8-16-20-15)17-10-2-3-11-12(7-10)23-5-4-22-11/h2-3,6-8H,4-5H2,1H3,(H2,17,18,19,20,21). The molecule has 1 aromatic carbocycles. The Kier molecular flexibility index (Phi) is 3.58. The van der Waals surface area contributed by atoms with Crippen molar-refractivity contribution < 1.29 is 14.0 Å². The molecular weight excluding hydrogens is 312 g/mol. The number of nitrogens with zero attached hydrogens (tertiary/aromatic N) is 4. The van der Waals surface area contributed by atoms with Gasteiger partial charge in [0.25, 0.3) is 0 Å². The zero-order chi connectivity index (χ0) is 16.4. The topological polar surface area (TPSA) is 107 Å². The lowest BCUT2D eigenvalue weighted by atomic mass is 10.2. The lowest BCUT2D eigenvalue weighted by Gasteiger charge is -2.19. The molecule has 0 bridgehead atoms. The minimum absolute atomic E-state index is 0.311. The van der Waals surface area contributed by atoms with Crippen LogP contribution in [-0.4, -0.2) is 33.6 Å². The van der Waals surface area contributed by atoms with Crippen LogP contribution in [0, 0.1) is 6.92 Å². The van der Waals surface area contributed by atoms with E-state index in [4.69, 9.17) is 14.0 Å². The molecule has 3 heterocycles. The second-order valence-corrected chi connectivity index (χ2v) is 5.10. The smallest absolute Gasteiger partial charge is 0.250 e. The van der Waals surface area contributed by atoms with Crippen LogP contribution in [0.5, 0.6) is 11.5 Å². The zero-order valence-corrected chi connectivity index (χ0v) is 12.8. The van der Waals surface area contributed by atoms with E-state index in [2.05, 4.69) is 31.0 Å². The van der Waals surface area contributed by atoms with Gasteiger partial charge in [0.05, 0.1) is 6.20 Å². The molecule has 0 spiro atoms. The van der Waals surface area contributed by atoms with Gasteiger partial charge in [-0.1, -0.05) is 5.16 Å². The van der Waals surface area contributed by atoms with E-state index in [0.29, 0.717) is 42.3 Å². The quantitative estimate of drug-likeness (QED) is 0.747. The molecule has 4 rings (SSSR count). The summed E-state index contributed by atoms with van der Waals surface area (Å²) in [4.78, 5) is 4.34. The highest BCUT2D eigenvalue weighted by Gasteiger charge is 2.12. The fourth-order valence-corrected chi connectivity index (χ4v) is 2.23. The molecule has 122 valence electrons. The van der Waals surface area contributed by atoms with E-state index in [0.717, 1.165) is 11.4 Å². The Morgan fingerprint density at radius 3 is 2.71 bits per heavy atom. The Balaban J connectivity index is 1.51. The predicted octanol–water partition coefficient (Wildman–Crippen LogP) is 2.43. The number of aryl methyl sites for hydroxylation is 1. The monoisotopic (exact) mass is 326 g/mol. The van der Waals surface area contributed by atoms with Crippen LogP contribution in [-0.2, 0) is 0 Å². The SMILES string of the molecule is Cc1cc(Nc2nncc(Nc3ccc4c(c3)OCCO4)n2)no1. The van der Waals surface area contributed by atoms with E-state index < -0.39 is 0 Å². The first kappa shape index (κ1) is 14.2. The van der Waals surface area contributed by atoms with Crippen LogP contribution in [0.3, 0.4) is 0 Å². The van der Waals surface area contributed by atoms with Gasteiger partial charge in [-0.15, -0.1) is 5.10 Å². The molecule has 1 aliphatic rings. The molecule has 0 fully saturated rings. The first-order valence-corrected chi connectivity index (χ1v) is 7.33. The maximum atomic E-state index is 5.56. The van der Waals surface area contributed by atoms with Crippen LogP contribution in [0.25, 0.3) is 0 Å². The second kappa shape index (κ2) is 6.03. The van der Waals surface area contributed by atoms with Crippen LogP contribution in [0.2, 0.25) is 0 Å². The Morgan fingerprint density at radius 2 is 1.88 bits per heavy atom. The summed E-state index contributed by atoms with van der Waals surface area (Å²) in [7, 11) is 0. The summed E-state index contributed by atoms with van der Waals surface area (Å²) in [5, 5.41) is 17.7. The van der Waals surface area contributed by atoms with Gasteiger partial charge in [0.15, 0.2) is 23.1 Å². The summed E-state index contributed by atoms with van der Waals surface area (Å²) in [5.74, 6) is 3.48. The zero-order valence-electron chi connectivity index (χ0n) is 12.8. The van der Waals surface area contributed by atoms with Crippen LogP contribution in [0.15, 0.2) is 35.0 Å². The predicted molar refractivity (Wildman–Crippen MR) is 85.1 cm³/mol. The third kappa shape index (κ3) is 3.05. The first-order valence-electron chi connectivity index (χ1n) is 7.33. The van der Waals surface area contributed by atoms with E-state index >= 15 is 0 Å². The third-order valence-corrected chi connectivity index (χ3v) is 3.24. The van der Waals surface area contributed by atoms with E-state index in [9.17, 15) is 0 Å². The van der Waals surface area contributed by atoms with E-state index in [-0.39, 0.29) is 0 Å². The summed E-state index contributed by atoms with van der Waals surface area (Å²) in [6, 6.07) is 7.32.